The molecule has 0 unspecified atom stereocenters. The van der Waals surface area contributed by atoms with Gasteiger partial charge < -0.3 is 5.73 Å². The highest BCUT2D eigenvalue weighted by molar-refractivity contribution is 7.89. The maximum absolute atomic E-state index is 12.9. The van der Waals surface area contributed by atoms with Gasteiger partial charge in [-0.3, -0.25) is 0 Å². The molecule has 0 aliphatic rings. The Bertz CT molecular complexity index is 923. The van der Waals surface area contributed by atoms with E-state index in [-0.39, 0.29) is 24.5 Å². The first-order valence-electron chi connectivity index (χ1n) is 8.05. The van der Waals surface area contributed by atoms with Gasteiger partial charge in [0, 0.05) is 19.6 Å². The van der Waals surface area contributed by atoms with Gasteiger partial charge in [0.15, 0.2) is 0 Å². The summed E-state index contributed by atoms with van der Waals surface area (Å²) in [5, 5.41) is 8.99. The van der Waals surface area contributed by atoms with Gasteiger partial charge in [0.05, 0.1) is 22.1 Å². The molecule has 2 N–H and O–H groups in total. The molecule has 2 rings (SSSR count). The monoisotopic (exact) mass is 397 g/mol. The van der Waals surface area contributed by atoms with E-state index in [4.69, 9.17) is 11.0 Å². The van der Waals surface area contributed by atoms with Gasteiger partial charge in [-0.2, -0.15) is 22.7 Å². The average molecular weight is 397 g/mol. The summed E-state index contributed by atoms with van der Waals surface area (Å²) in [6, 6.07) is 12.8. The Hall–Kier alpha value is -2.41. The van der Waals surface area contributed by atoms with Crippen molar-refractivity contribution in [2.75, 3.05) is 19.6 Å². The number of nitrogens with two attached hydrogens (primary N) is 1. The largest absolute Gasteiger partial charge is 0.417 e. The van der Waals surface area contributed by atoms with Gasteiger partial charge in [0.25, 0.3) is 0 Å². The summed E-state index contributed by atoms with van der Waals surface area (Å²) in [7, 11) is -4.09. The lowest BCUT2D eigenvalue weighted by Crippen LogP contribution is -2.37. The van der Waals surface area contributed by atoms with Gasteiger partial charge in [-0.15, -0.1) is 0 Å². The van der Waals surface area contributed by atoms with E-state index < -0.39 is 27.3 Å². The van der Waals surface area contributed by atoms with Crippen LogP contribution in [-0.2, 0) is 22.6 Å². The molecule has 0 bridgehead atoms. The van der Waals surface area contributed by atoms with Crippen molar-refractivity contribution in [2.24, 2.45) is 5.73 Å². The molecule has 27 heavy (non-hydrogen) atoms. The zero-order chi connectivity index (χ0) is 20.1. The van der Waals surface area contributed by atoms with Crippen LogP contribution in [-0.4, -0.2) is 32.4 Å². The normalized spacial score (nSPS) is 12.1. The van der Waals surface area contributed by atoms with E-state index in [1.807, 2.05) is 30.3 Å². The standard InChI is InChI=1S/C18H18F3N3O2S/c19-18(20,21)17-7-6-16(12-15(17)13-23)27(25,26)24(11-9-22)10-8-14-4-2-1-3-5-14/h1-7,12H,8-11,22H2. The van der Waals surface area contributed by atoms with Crippen molar-refractivity contribution in [3.63, 3.8) is 0 Å². The zero-order valence-electron chi connectivity index (χ0n) is 14.3. The number of halogens is 3. The first-order chi connectivity index (χ1) is 12.7. The predicted molar refractivity (Wildman–Crippen MR) is 94.1 cm³/mol. The Morgan fingerprint density at radius 2 is 1.74 bits per heavy atom. The smallest absolute Gasteiger partial charge is 0.329 e. The van der Waals surface area contributed by atoms with E-state index in [1.54, 1.807) is 0 Å². The van der Waals surface area contributed by atoms with Crippen LogP contribution in [0, 0.1) is 11.3 Å². The van der Waals surface area contributed by atoms with Gasteiger partial charge in [0.1, 0.15) is 0 Å². The quantitative estimate of drug-likeness (QED) is 0.778. The maximum atomic E-state index is 12.9. The number of alkyl halides is 3. The Labute approximate surface area is 155 Å². The summed E-state index contributed by atoms with van der Waals surface area (Å²) in [6.07, 6.45) is -4.32. The highest BCUT2D eigenvalue weighted by Crippen LogP contribution is 2.33. The third kappa shape index (κ3) is 5.07. The molecule has 0 saturated heterocycles. The molecule has 0 radical (unpaired) electrons. The van der Waals surface area contributed by atoms with E-state index in [9.17, 15) is 21.6 Å². The summed E-state index contributed by atoms with van der Waals surface area (Å²) in [6.45, 7) is 0.185. The van der Waals surface area contributed by atoms with Crippen molar-refractivity contribution in [3.8, 4) is 6.07 Å². The van der Waals surface area contributed by atoms with E-state index in [1.165, 1.54) is 6.07 Å². The molecule has 2 aromatic rings. The molecule has 0 fully saturated rings. The second kappa shape index (κ2) is 8.52. The minimum atomic E-state index is -4.74. The van der Waals surface area contributed by atoms with Crippen LogP contribution in [0.25, 0.3) is 0 Å². The van der Waals surface area contributed by atoms with Crippen molar-refractivity contribution >= 4 is 10.0 Å². The molecule has 0 aromatic heterocycles. The van der Waals surface area contributed by atoms with Crippen LogP contribution in [0.5, 0.6) is 0 Å². The zero-order valence-corrected chi connectivity index (χ0v) is 15.1. The van der Waals surface area contributed by atoms with Gasteiger partial charge in [0.2, 0.25) is 10.0 Å². The van der Waals surface area contributed by atoms with Crippen LogP contribution in [0.4, 0.5) is 13.2 Å². The molecule has 0 saturated carbocycles. The van der Waals surface area contributed by atoms with Crippen LogP contribution in [0.3, 0.4) is 0 Å². The fourth-order valence-corrected chi connectivity index (χ4v) is 4.05. The lowest BCUT2D eigenvalue weighted by Gasteiger charge is -2.22. The third-order valence-corrected chi connectivity index (χ3v) is 5.82. The Morgan fingerprint density at radius 3 is 2.30 bits per heavy atom. The van der Waals surface area contributed by atoms with Crippen molar-refractivity contribution in [2.45, 2.75) is 17.5 Å². The Morgan fingerprint density at radius 1 is 1.07 bits per heavy atom. The number of benzene rings is 2. The fourth-order valence-electron chi connectivity index (χ4n) is 2.57. The van der Waals surface area contributed by atoms with Gasteiger partial charge in [-0.25, -0.2) is 8.42 Å². The van der Waals surface area contributed by atoms with E-state index in [0.717, 1.165) is 22.0 Å². The minimum absolute atomic E-state index is 0.0120. The van der Waals surface area contributed by atoms with Crippen molar-refractivity contribution in [3.05, 3.63) is 65.2 Å². The highest BCUT2D eigenvalue weighted by atomic mass is 32.2. The Kier molecular flexibility index (Phi) is 6.59. The molecule has 9 heteroatoms. The second-order valence-electron chi connectivity index (χ2n) is 5.75. The van der Waals surface area contributed by atoms with Crippen LogP contribution in [0.1, 0.15) is 16.7 Å². The van der Waals surface area contributed by atoms with Gasteiger partial charge in [-0.05, 0) is 30.2 Å². The second-order valence-corrected chi connectivity index (χ2v) is 7.68. The minimum Gasteiger partial charge on any atom is -0.329 e. The summed E-state index contributed by atoms with van der Waals surface area (Å²) < 4.78 is 65.6. The topological polar surface area (TPSA) is 87.2 Å². The number of sulfonamides is 1. The third-order valence-electron chi connectivity index (χ3n) is 3.93. The molecule has 5 nitrogen and oxygen atoms in total. The summed E-state index contributed by atoms with van der Waals surface area (Å²) in [4.78, 5) is -0.367. The average Bonchev–Trinajstić information content (AvgIpc) is 2.64. The predicted octanol–water partition coefficient (Wildman–Crippen LogP) is 2.77. The van der Waals surface area contributed by atoms with Crippen LogP contribution in [0.15, 0.2) is 53.4 Å². The molecule has 0 aliphatic carbocycles. The molecule has 0 heterocycles. The van der Waals surface area contributed by atoms with Crippen molar-refractivity contribution in [1.29, 1.82) is 5.26 Å². The van der Waals surface area contributed by atoms with E-state index >= 15 is 0 Å². The molecule has 0 aliphatic heterocycles. The highest BCUT2D eigenvalue weighted by Gasteiger charge is 2.35. The fraction of sp³-hybridized carbons (Fsp3) is 0.278. The number of hydrogen-bond donors (Lipinski definition) is 1. The van der Waals surface area contributed by atoms with E-state index in [2.05, 4.69) is 0 Å². The van der Waals surface area contributed by atoms with Crippen LogP contribution >= 0.6 is 0 Å². The summed E-state index contributed by atoms with van der Waals surface area (Å²) in [5.41, 5.74) is 4.52. The Balaban J connectivity index is 2.34. The van der Waals surface area contributed by atoms with E-state index in [0.29, 0.717) is 12.5 Å². The number of hydrogen-bond acceptors (Lipinski definition) is 4. The first-order valence-corrected chi connectivity index (χ1v) is 9.49. The molecule has 0 spiro atoms. The molecular formula is C18H18F3N3O2S. The number of rotatable bonds is 7. The SMILES string of the molecule is N#Cc1cc(S(=O)(=O)N(CCN)CCc2ccccc2)ccc1C(F)(F)F. The number of nitriles is 1. The molecule has 2 aromatic carbocycles. The molecule has 0 amide bonds. The number of nitrogens with zero attached hydrogens (tertiary/aromatic N) is 2. The van der Waals surface area contributed by atoms with Gasteiger partial charge >= 0.3 is 6.18 Å². The molecule has 0 atom stereocenters. The molecular weight excluding hydrogens is 379 g/mol. The van der Waals surface area contributed by atoms with Crippen molar-refractivity contribution < 1.29 is 21.6 Å². The van der Waals surface area contributed by atoms with Crippen molar-refractivity contribution in [1.82, 2.24) is 4.31 Å². The maximum Gasteiger partial charge on any atom is 0.417 e. The first kappa shape index (κ1) is 20.9. The molecule has 144 valence electrons. The summed E-state index contributed by atoms with van der Waals surface area (Å²) in [5.74, 6) is 0. The summed E-state index contributed by atoms with van der Waals surface area (Å²) >= 11 is 0. The van der Waals surface area contributed by atoms with Crippen LogP contribution in [0.2, 0.25) is 0 Å². The van der Waals surface area contributed by atoms with Gasteiger partial charge in [-0.1, -0.05) is 30.3 Å². The lowest BCUT2D eigenvalue weighted by atomic mass is 10.1. The lowest BCUT2D eigenvalue weighted by molar-refractivity contribution is -0.137. The van der Waals surface area contributed by atoms with Crippen LogP contribution < -0.4 is 5.73 Å².